The van der Waals surface area contributed by atoms with Gasteiger partial charge in [0.15, 0.2) is 0 Å². The van der Waals surface area contributed by atoms with E-state index in [9.17, 15) is 4.79 Å². The van der Waals surface area contributed by atoms with Crippen LogP contribution in [0, 0.1) is 5.92 Å². The van der Waals surface area contributed by atoms with Gasteiger partial charge >= 0.3 is 0 Å². The largest absolute Gasteiger partial charge is 0.383 e. The summed E-state index contributed by atoms with van der Waals surface area (Å²) in [5.41, 5.74) is 4.18. The standard InChI is InChI=1S/C24H28ClN3O/c1-16(2)14-18-4-6-19(7-5-18)17(3)24(29)28-13-12-27-22-10-11-26-23-15-20(25)8-9-21(22)23/h4-11,15-17H,12-14H2,1-3H3,(H,26,27)(H,28,29). The number of aromatic nitrogens is 1. The fourth-order valence-electron chi connectivity index (χ4n) is 3.38. The Morgan fingerprint density at radius 3 is 2.52 bits per heavy atom. The third-order valence-electron chi connectivity index (χ3n) is 4.96. The third-order valence-corrected chi connectivity index (χ3v) is 5.20. The second-order valence-corrected chi connectivity index (χ2v) is 8.24. The monoisotopic (exact) mass is 409 g/mol. The van der Waals surface area contributed by atoms with Gasteiger partial charge in [0.05, 0.1) is 11.4 Å². The van der Waals surface area contributed by atoms with Crippen molar-refractivity contribution in [1.82, 2.24) is 10.3 Å². The summed E-state index contributed by atoms with van der Waals surface area (Å²) in [5.74, 6) is 0.491. The molecule has 2 N–H and O–H groups in total. The average Bonchev–Trinajstić information content (AvgIpc) is 2.70. The van der Waals surface area contributed by atoms with E-state index in [4.69, 9.17) is 11.6 Å². The predicted molar refractivity (Wildman–Crippen MR) is 122 cm³/mol. The summed E-state index contributed by atoms with van der Waals surface area (Å²) in [5, 5.41) is 8.07. The molecule has 1 aromatic heterocycles. The molecule has 0 saturated heterocycles. The minimum atomic E-state index is -0.174. The first kappa shape index (κ1) is 21.1. The molecule has 5 heteroatoms. The van der Waals surface area contributed by atoms with Crippen LogP contribution in [0.5, 0.6) is 0 Å². The van der Waals surface area contributed by atoms with Crippen molar-refractivity contribution in [3.05, 3.63) is 70.9 Å². The second kappa shape index (κ2) is 9.75. The molecule has 29 heavy (non-hydrogen) atoms. The first-order valence-electron chi connectivity index (χ1n) is 10.1. The number of benzene rings is 2. The van der Waals surface area contributed by atoms with Crippen LogP contribution >= 0.6 is 11.6 Å². The summed E-state index contributed by atoms with van der Waals surface area (Å²) < 4.78 is 0. The maximum absolute atomic E-state index is 12.5. The number of halogens is 1. The fourth-order valence-corrected chi connectivity index (χ4v) is 3.54. The normalized spacial score (nSPS) is 12.2. The summed E-state index contributed by atoms with van der Waals surface area (Å²) in [6.07, 6.45) is 2.81. The van der Waals surface area contributed by atoms with Crippen LogP contribution in [0.4, 0.5) is 5.69 Å². The number of carbonyl (C=O) groups is 1. The maximum Gasteiger partial charge on any atom is 0.227 e. The lowest BCUT2D eigenvalue weighted by Crippen LogP contribution is -2.32. The molecule has 4 nitrogen and oxygen atoms in total. The highest BCUT2D eigenvalue weighted by Gasteiger charge is 2.14. The summed E-state index contributed by atoms with van der Waals surface area (Å²) in [6, 6.07) is 16.0. The quantitative estimate of drug-likeness (QED) is 0.488. The molecule has 1 unspecified atom stereocenters. The molecule has 0 aliphatic rings. The molecule has 3 aromatic rings. The molecule has 1 atom stereocenters. The Bertz CT molecular complexity index is 970. The van der Waals surface area contributed by atoms with Gasteiger partial charge < -0.3 is 10.6 Å². The molecule has 1 amide bonds. The van der Waals surface area contributed by atoms with Crippen molar-refractivity contribution in [3.63, 3.8) is 0 Å². The Hall–Kier alpha value is -2.59. The average molecular weight is 410 g/mol. The molecule has 1 heterocycles. The Balaban J connectivity index is 1.51. The number of anilines is 1. The number of fused-ring (bicyclic) bond motifs is 1. The van der Waals surface area contributed by atoms with Crippen LogP contribution < -0.4 is 10.6 Å². The third kappa shape index (κ3) is 5.70. The molecule has 0 aliphatic heterocycles. The minimum absolute atomic E-state index is 0.0368. The summed E-state index contributed by atoms with van der Waals surface area (Å²) in [7, 11) is 0. The Morgan fingerprint density at radius 2 is 1.79 bits per heavy atom. The number of carbonyl (C=O) groups excluding carboxylic acids is 1. The van der Waals surface area contributed by atoms with Gasteiger partial charge in [-0.15, -0.1) is 0 Å². The SMILES string of the molecule is CC(C)Cc1ccc(C(C)C(=O)NCCNc2ccnc3cc(Cl)ccc23)cc1. The summed E-state index contributed by atoms with van der Waals surface area (Å²) >= 11 is 6.04. The summed E-state index contributed by atoms with van der Waals surface area (Å²) in [6.45, 7) is 7.55. The van der Waals surface area contributed by atoms with Crippen molar-refractivity contribution in [2.24, 2.45) is 5.92 Å². The molecule has 0 fully saturated rings. The molecule has 2 aromatic carbocycles. The van der Waals surface area contributed by atoms with Crippen molar-refractivity contribution < 1.29 is 4.79 Å². The predicted octanol–water partition coefficient (Wildman–Crippen LogP) is 5.42. The number of nitrogens with zero attached hydrogens (tertiary/aromatic N) is 1. The van der Waals surface area contributed by atoms with E-state index in [2.05, 4.69) is 53.7 Å². The van der Waals surface area contributed by atoms with Crippen LogP contribution in [-0.4, -0.2) is 24.0 Å². The highest BCUT2D eigenvalue weighted by molar-refractivity contribution is 6.31. The second-order valence-electron chi connectivity index (χ2n) is 7.80. The molecular formula is C24H28ClN3O. The van der Waals surface area contributed by atoms with Gasteiger partial charge in [0.2, 0.25) is 5.91 Å². The zero-order chi connectivity index (χ0) is 20.8. The van der Waals surface area contributed by atoms with Crippen LogP contribution in [0.25, 0.3) is 10.9 Å². The van der Waals surface area contributed by atoms with Crippen molar-refractivity contribution in [2.75, 3.05) is 18.4 Å². The topological polar surface area (TPSA) is 54.0 Å². The van der Waals surface area contributed by atoms with Crippen molar-refractivity contribution in [2.45, 2.75) is 33.1 Å². The highest BCUT2D eigenvalue weighted by Crippen LogP contribution is 2.24. The van der Waals surface area contributed by atoms with E-state index < -0.39 is 0 Å². The Kier molecular flexibility index (Phi) is 7.10. The Morgan fingerprint density at radius 1 is 1.03 bits per heavy atom. The van der Waals surface area contributed by atoms with Gasteiger partial charge in [-0.25, -0.2) is 0 Å². The minimum Gasteiger partial charge on any atom is -0.383 e. The van der Waals surface area contributed by atoms with Crippen LogP contribution in [0.1, 0.15) is 37.8 Å². The number of amides is 1. The van der Waals surface area contributed by atoms with Gasteiger partial charge in [0.1, 0.15) is 0 Å². The van der Waals surface area contributed by atoms with E-state index in [1.165, 1.54) is 5.56 Å². The van der Waals surface area contributed by atoms with E-state index in [0.717, 1.165) is 28.6 Å². The highest BCUT2D eigenvalue weighted by atomic mass is 35.5. The van der Waals surface area contributed by atoms with Gasteiger partial charge in [-0.3, -0.25) is 9.78 Å². The van der Waals surface area contributed by atoms with Crippen molar-refractivity contribution in [3.8, 4) is 0 Å². The van der Waals surface area contributed by atoms with Gasteiger partial charge in [-0.2, -0.15) is 0 Å². The number of hydrogen-bond acceptors (Lipinski definition) is 3. The first-order valence-corrected chi connectivity index (χ1v) is 10.5. The lowest BCUT2D eigenvalue weighted by atomic mass is 9.96. The zero-order valence-electron chi connectivity index (χ0n) is 17.2. The van der Waals surface area contributed by atoms with E-state index in [1.807, 2.05) is 31.2 Å². The number of nitrogens with one attached hydrogen (secondary N) is 2. The maximum atomic E-state index is 12.5. The van der Waals surface area contributed by atoms with E-state index >= 15 is 0 Å². The Labute approximate surface area is 177 Å². The van der Waals surface area contributed by atoms with Gasteiger partial charge in [0, 0.05) is 35.4 Å². The first-order chi connectivity index (χ1) is 13.9. The number of pyridine rings is 1. The smallest absolute Gasteiger partial charge is 0.227 e. The molecule has 152 valence electrons. The zero-order valence-corrected chi connectivity index (χ0v) is 18.0. The molecule has 3 rings (SSSR count). The molecule has 0 saturated carbocycles. The number of hydrogen-bond donors (Lipinski definition) is 2. The summed E-state index contributed by atoms with van der Waals surface area (Å²) in [4.78, 5) is 16.8. The van der Waals surface area contributed by atoms with Gasteiger partial charge in [-0.1, -0.05) is 49.7 Å². The number of rotatable bonds is 8. The van der Waals surface area contributed by atoms with Crippen LogP contribution in [0.2, 0.25) is 5.02 Å². The lowest BCUT2D eigenvalue weighted by Gasteiger charge is -2.15. The van der Waals surface area contributed by atoms with Crippen molar-refractivity contribution in [1.29, 1.82) is 0 Å². The van der Waals surface area contributed by atoms with Crippen LogP contribution in [0.15, 0.2) is 54.7 Å². The van der Waals surface area contributed by atoms with Gasteiger partial charge in [0.25, 0.3) is 0 Å². The van der Waals surface area contributed by atoms with E-state index in [0.29, 0.717) is 24.0 Å². The molecule has 0 aliphatic carbocycles. The molecule has 0 bridgehead atoms. The van der Waals surface area contributed by atoms with Gasteiger partial charge in [-0.05, 0) is 54.7 Å². The van der Waals surface area contributed by atoms with Crippen molar-refractivity contribution >= 4 is 34.1 Å². The fraction of sp³-hybridized carbons (Fsp3) is 0.333. The van der Waals surface area contributed by atoms with Crippen LogP contribution in [-0.2, 0) is 11.2 Å². The molecular weight excluding hydrogens is 382 g/mol. The molecule has 0 spiro atoms. The lowest BCUT2D eigenvalue weighted by molar-refractivity contribution is -0.122. The molecule has 0 radical (unpaired) electrons. The van der Waals surface area contributed by atoms with E-state index in [-0.39, 0.29) is 11.8 Å². The van der Waals surface area contributed by atoms with E-state index in [1.54, 1.807) is 6.20 Å². The van der Waals surface area contributed by atoms with Crippen LogP contribution in [0.3, 0.4) is 0 Å².